The fraction of sp³-hybridized carbons (Fsp3) is 0.214. The van der Waals surface area contributed by atoms with Crippen molar-refractivity contribution in [2.24, 2.45) is 0 Å². The van der Waals surface area contributed by atoms with Crippen LogP contribution in [0.3, 0.4) is 0 Å². The lowest BCUT2D eigenvalue weighted by Crippen LogP contribution is -2.90. The Labute approximate surface area is 217 Å². The van der Waals surface area contributed by atoms with Gasteiger partial charge in [-0.15, -0.1) is 0 Å². The minimum atomic E-state index is -0.672. The Morgan fingerprint density at radius 1 is 0.605 bits per heavy atom. The van der Waals surface area contributed by atoms with Gasteiger partial charge in [0, 0.05) is 11.1 Å². The number of imide groups is 2. The monoisotopic (exact) mass is 520 g/mol. The number of hydrogen-bond acceptors (Lipinski definition) is 4. The molecule has 0 radical (unpaired) electrons. The summed E-state index contributed by atoms with van der Waals surface area (Å²) in [4.78, 5) is 53.3. The van der Waals surface area contributed by atoms with E-state index >= 15 is 0 Å². The Hall–Kier alpha value is -4.28. The van der Waals surface area contributed by atoms with E-state index in [1.54, 1.807) is 47.0 Å². The SMILES string of the molecule is O=C1C[C@@H]([NH2+]Cc2ccccc2F)C(=O)N1c1ccc(N2C(=O)C[C@@H]([NH2+]Cc3ccccc3F)C2=O)cc1. The van der Waals surface area contributed by atoms with Crippen LogP contribution in [0.15, 0.2) is 72.8 Å². The van der Waals surface area contributed by atoms with E-state index in [0.717, 1.165) is 9.80 Å². The molecular weight excluding hydrogens is 494 g/mol. The van der Waals surface area contributed by atoms with Crippen LogP contribution in [-0.4, -0.2) is 35.7 Å². The van der Waals surface area contributed by atoms with Crippen molar-refractivity contribution in [1.29, 1.82) is 0 Å². The molecule has 2 fully saturated rings. The number of nitrogens with zero attached hydrogens (tertiary/aromatic N) is 2. The van der Waals surface area contributed by atoms with Gasteiger partial charge in [0.1, 0.15) is 24.7 Å². The highest BCUT2D eigenvalue weighted by Gasteiger charge is 2.44. The standard InChI is InChI=1S/C28H24F2N4O4/c29-21-7-3-1-5-17(21)15-31-23-13-25(35)33(27(23)37)19-9-11-20(12-10-19)34-26(36)14-24(28(34)38)32-16-18-6-2-4-8-22(18)30/h1-12,23-24,31-32H,13-16H2/p+2/t23-,24-/m1/s1. The Bertz CT molecular complexity index is 1310. The lowest BCUT2D eigenvalue weighted by Gasteiger charge is -2.18. The van der Waals surface area contributed by atoms with Gasteiger partial charge in [-0.1, -0.05) is 36.4 Å². The van der Waals surface area contributed by atoms with Gasteiger partial charge >= 0.3 is 0 Å². The molecule has 4 amide bonds. The first-order chi connectivity index (χ1) is 18.3. The third-order valence-corrected chi connectivity index (χ3v) is 6.89. The quantitative estimate of drug-likeness (QED) is 0.428. The van der Waals surface area contributed by atoms with Crippen LogP contribution in [0, 0.1) is 11.6 Å². The van der Waals surface area contributed by atoms with E-state index < -0.39 is 23.9 Å². The van der Waals surface area contributed by atoms with Crippen LogP contribution < -0.4 is 20.4 Å². The maximum absolute atomic E-state index is 13.9. The highest BCUT2D eigenvalue weighted by atomic mass is 19.1. The Kier molecular flexibility index (Phi) is 7.08. The summed E-state index contributed by atoms with van der Waals surface area (Å²) in [7, 11) is 0. The highest BCUT2D eigenvalue weighted by molar-refractivity contribution is 6.23. The summed E-state index contributed by atoms with van der Waals surface area (Å²) in [6, 6.07) is 17.3. The van der Waals surface area contributed by atoms with Crippen LogP contribution in [0.1, 0.15) is 24.0 Å². The lowest BCUT2D eigenvalue weighted by molar-refractivity contribution is -0.690. The molecule has 0 saturated carbocycles. The number of benzene rings is 3. The molecule has 2 aliphatic rings. The second-order valence-electron chi connectivity index (χ2n) is 9.33. The molecule has 4 N–H and O–H groups in total. The zero-order valence-electron chi connectivity index (χ0n) is 20.3. The number of amides is 4. The van der Waals surface area contributed by atoms with Gasteiger partial charge in [0.05, 0.1) is 24.2 Å². The Balaban J connectivity index is 1.23. The van der Waals surface area contributed by atoms with Crippen molar-refractivity contribution >= 4 is 35.0 Å². The fourth-order valence-corrected chi connectivity index (χ4v) is 4.84. The molecule has 5 rings (SSSR count). The minimum absolute atomic E-state index is 0.0162. The average molecular weight is 521 g/mol. The number of nitrogens with two attached hydrogens (primary N) is 2. The van der Waals surface area contributed by atoms with Crippen molar-refractivity contribution in [3.63, 3.8) is 0 Å². The number of hydrogen-bond donors (Lipinski definition) is 2. The number of carbonyl (C=O) groups is 4. The van der Waals surface area contributed by atoms with Crippen LogP contribution in [0.2, 0.25) is 0 Å². The van der Waals surface area contributed by atoms with Gasteiger partial charge in [-0.2, -0.15) is 0 Å². The smallest absolute Gasteiger partial charge is 0.292 e. The average Bonchev–Trinajstić information content (AvgIpc) is 3.36. The molecule has 194 valence electrons. The number of quaternary nitrogens is 2. The van der Waals surface area contributed by atoms with Crippen LogP contribution in [0.25, 0.3) is 0 Å². The molecule has 0 unspecified atom stereocenters. The molecule has 0 aromatic heterocycles. The van der Waals surface area contributed by atoms with Gasteiger partial charge in [-0.3, -0.25) is 19.2 Å². The van der Waals surface area contributed by atoms with Crippen LogP contribution >= 0.6 is 0 Å². The second-order valence-corrected chi connectivity index (χ2v) is 9.33. The molecule has 38 heavy (non-hydrogen) atoms. The first kappa shape index (κ1) is 25.4. The highest BCUT2D eigenvalue weighted by Crippen LogP contribution is 2.27. The van der Waals surface area contributed by atoms with Crippen LogP contribution in [0.4, 0.5) is 20.2 Å². The summed E-state index contributed by atoms with van der Waals surface area (Å²) >= 11 is 0. The number of halogens is 2. The Morgan fingerprint density at radius 2 is 0.974 bits per heavy atom. The summed E-state index contributed by atoms with van der Waals surface area (Å²) in [5.74, 6) is -2.31. The predicted octanol–water partition coefficient (Wildman–Crippen LogP) is 0.756. The van der Waals surface area contributed by atoms with Crippen LogP contribution in [-0.2, 0) is 32.3 Å². The molecule has 2 aliphatic heterocycles. The van der Waals surface area contributed by atoms with Gasteiger partial charge in [0.25, 0.3) is 11.8 Å². The first-order valence-electron chi connectivity index (χ1n) is 12.3. The van der Waals surface area contributed by atoms with Gasteiger partial charge < -0.3 is 10.6 Å². The Morgan fingerprint density at radius 3 is 1.34 bits per heavy atom. The van der Waals surface area contributed by atoms with Crippen LogP contribution in [0.5, 0.6) is 0 Å². The summed E-state index contributed by atoms with van der Waals surface area (Å²) in [6.45, 7) is 0.439. The van der Waals surface area contributed by atoms with Crippen molar-refractivity contribution in [2.45, 2.75) is 38.0 Å². The summed E-state index contributed by atoms with van der Waals surface area (Å²) in [5, 5.41) is 3.29. The molecule has 2 heterocycles. The number of anilines is 2. The van der Waals surface area contributed by atoms with E-state index in [1.807, 2.05) is 0 Å². The zero-order valence-corrected chi connectivity index (χ0v) is 20.3. The molecule has 8 nitrogen and oxygen atoms in total. The van der Waals surface area contributed by atoms with Crippen molar-refractivity contribution < 1.29 is 38.6 Å². The van der Waals surface area contributed by atoms with Gasteiger partial charge in [0.15, 0.2) is 12.1 Å². The molecule has 2 saturated heterocycles. The molecule has 0 aliphatic carbocycles. The second kappa shape index (κ2) is 10.6. The maximum Gasteiger partial charge on any atom is 0.292 e. The third kappa shape index (κ3) is 4.96. The number of rotatable bonds is 8. The molecule has 0 spiro atoms. The molecule has 3 aromatic rings. The molecule has 3 aromatic carbocycles. The third-order valence-electron chi connectivity index (χ3n) is 6.89. The lowest BCUT2D eigenvalue weighted by atomic mass is 10.2. The predicted molar refractivity (Wildman–Crippen MR) is 132 cm³/mol. The molecular formula is C28H26F2N4O4+2. The van der Waals surface area contributed by atoms with E-state index in [-0.39, 0.29) is 49.4 Å². The van der Waals surface area contributed by atoms with E-state index in [9.17, 15) is 28.0 Å². The molecule has 0 bridgehead atoms. The van der Waals surface area contributed by atoms with E-state index in [4.69, 9.17) is 0 Å². The first-order valence-corrected chi connectivity index (χ1v) is 12.3. The summed E-state index contributed by atoms with van der Waals surface area (Å²) in [5.41, 5.74) is 1.54. The molecule has 10 heteroatoms. The van der Waals surface area contributed by atoms with E-state index in [2.05, 4.69) is 0 Å². The normalized spacial score (nSPS) is 19.6. The fourth-order valence-electron chi connectivity index (χ4n) is 4.84. The topological polar surface area (TPSA) is 108 Å². The van der Waals surface area contributed by atoms with Crippen molar-refractivity contribution in [3.05, 3.63) is 95.6 Å². The van der Waals surface area contributed by atoms with Gasteiger partial charge in [-0.25, -0.2) is 18.6 Å². The summed E-state index contributed by atoms with van der Waals surface area (Å²) < 4.78 is 27.8. The minimum Gasteiger partial charge on any atom is -0.332 e. The van der Waals surface area contributed by atoms with Gasteiger partial charge in [-0.05, 0) is 36.4 Å². The molecule has 2 atom stereocenters. The van der Waals surface area contributed by atoms with E-state index in [0.29, 0.717) is 22.5 Å². The number of carbonyl (C=O) groups excluding carboxylic acids is 4. The van der Waals surface area contributed by atoms with Crippen molar-refractivity contribution in [2.75, 3.05) is 9.80 Å². The van der Waals surface area contributed by atoms with E-state index in [1.165, 1.54) is 36.4 Å². The van der Waals surface area contributed by atoms with Crippen molar-refractivity contribution in [3.8, 4) is 0 Å². The zero-order chi connectivity index (χ0) is 26.8. The maximum atomic E-state index is 13.9. The van der Waals surface area contributed by atoms with Crippen molar-refractivity contribution in [1.82, 2.24) is 0 Å². The van der Waals surface area contributed by atoms with Gasteiger partial charge in [0.2, 0.25) is 11.8 Å². The largest absolute Gasteiger partial charge is 0.332 e. The summed E-state index contributed by atoms with van der Waals surface area (Å²) in [6.07, 6.45) is -0.0324.